The number of benzene rings is 1. The molecule has 2 rings (SSSR count). The maximum absolute atomic E-state index is 11.3. The van der Waals surface area contributed by atoms with Gasteiger partial charge in [-0.05, 0) is 0 Å². The SMILES string of the molecule is C[Se]c1c(-c2ccccc2)c(=O)c1=O. The van der Waals surface area contributed by atoms with Gasteiger partial charge in [-0.15, -0.1) is 0 Å². The molecule has 0 atom stereocenters. The fraction of sp³-hybridized carbons (Fsp3) is 0.0909. The van der Waals surface area contributed by atoms with E-state index < -0.39 is 0 Å². The first-order chi connectivity index (χ1) is 6.75. The predicted octanol–water partition coefficient (Wildman–Crippen LogP) is 0.327. The second kappa shape index (κ2) is 3.52. The molecule has 2 nitrogen and oxygen atoms in total. The second-order valence-electron chi connectivity index (χ2n) is 2.93. The van der Waals surface area contributed by atoms with Gasteiger partial charge in [0.15, 0.2) is 0 Å². The molecule has 3 heteroatoms. The van der Waals surface area contributed by atoms with Crippen LogP contribution in [-0.2, 0) is 0 Å². The van der Waals surface area contributed by atoms with E-state index in [9.17, 15) is 9.59 Å². The van der Waals surface area contributed by atoms with E-state index in [0.29, 0.717) is 5.56 Å². The third-order valence-corrected chi connectivity index (χ3v) is 3.81. The van der Waals surface area contributed by atoms with E-state index in [2.05, 4.69) is 0 Å². The zero-order valence-corrected chi connectivity index (χ0v) is 9.32. The van der Waals surface area contributed by atoms with Crippen molar-refractivity contribution in [3.05, 3.63) is 50.8 Å². The van der Waals surface area contributed by atoms with E-state index in [1.165, 1.54) is 0 Å². The van der Waals surface area contributed by atoms with Crippen LogP contribution in [0.2, 0.25) is 5.82 Å². The molecule has 0 spiro atoms. The topological polar surface area (TPSA) is 34.1 Å². The summed E-state index contributed by atoms with van der Waals surface area (Å²) >= 11 is 0.107. The van der Waals surface area contributed by atoms with Crippen molar-refractivity contribution in [1.82, 2.24) is 0 Å². The monoisotopic (exact) mass is 252 g/mol. The van der Waals surface area contributed by atoms with Gasteiger partial charge < -0.3 is 0 Å². The van der Waals surface area contributed by atoms with Crippen LogP contribution in [0.5, 0.6) is 0 Å². The van der Waals surface area contributed by atoms with Crippen LogP contribution in [0.3, 0.4) is 0 Å². The molecule has 0 bridgehead atoms. The maximum atomic E-state index is 11.3. The van der Waals surface area contributed by atoms with E-state index in [0.717, 1.165) is 10.0 Å². The minimum atomic E-state index is -0.324. The summed E-state index contributed by atoms with van der Waals surface area (Å²) in [4.78, 5) is 22.5. The Hall–Kier alpha value is -1.18. The normalized spacial score (nSPS) is 10.6. The molecule has 0 aliphatic carbocycles. The first kappa shape index (κ1) is 9.38. The van der Waals surface area contributed by atoms with E-state index >= 15 is 0 Å². The Morgan fingerprint density at radius 3 is 2.21 bits per heavy atom. The van der Waals surface area contributed by atoms with Crippen LogP contribution in [0, 0.1) is 0 Å². The van der Waals surface area contributed by atoms with Crippen LogP contribution >= 0.6 is 0 Å². The van der Waals surface area contributed by atoms with Gasteiger partial charge in [-0.3, -0.25) is 0 Å². The van der Waals surface area contributed by atoms with Gasteiger partial charge in [-0.25, -0.2) is 0 Å². The number of hydrogen-bond acceptors (Lipinski definition) is 2. The second-order valence-corrected chi connectivity index (χ2v) is 4.65. The summed E-state index contributed by atoms with van der Waals surface area (Å²) in [5.41, 5.74) is 0.898. The molecule has 2 aromatic carbocycles. The average molecular weight is 251 g/mol. The van der Waals surface area contributed by atoms with Gasteiger partial charge in [-0.1, -0.05) is 0 Å². The van der Waals surface area contributed by atoms with Crippen molar-refractivity contribution in [1.29, 1.82) is 0 Å². The summed E-state index contributed by atoms with van der Waals surface area (Å²) < 4.78 is 0.730. The summed E-state index contributed by atoms with van der Waals surface area (Å²) in [6.45, 7) is 0. The molecule has 0 aliphatic rings. The number of rotatable bonds is 2. The zero-order valence-electron chi connectivity index (χ0n) is 7.61. The summed E-state index contributed by atoms with van der Waals surface area (Å²) in [6.07, 6.45) is 0. The Morgan fingerprint density at radius 1 is 1.00 bits per heavy atom. The fourth-order valence-electron chi connectivity index (χ4n) is 1.43. The molecule has 0 heterocycles. The Bertz CT molecular complexity index is 522. The summed E-state index contributed by atoms with van der Waals surface area (Å²) in [7, 11) is 0. The Balaban J connectivity index is 2.60. The molecule has 0 aromatic heterocycles. The summed E-state index contributed by atoms with van der Waals surface area (Å²) in [5, 5.41) is 0. The third kappa shape index (κ3) is 1.26. The third-order valence-electron chi connectivity index (χ3n) is 2.13. The molecule has 0 saturated carbocycles. The van der Waals surface area contributed by atoms with Crippen molar-refractivity contribution < 1.29 is 0 Å². The summed E-state index contributed by atoms with van der Waals surface area (Å²) in [5.74, 6) is 1.95. The quantitative estimate of drug-likeness (QED) is 0.569. The average Bonchev–Trinajstić information content (AvgIpc) is 2.25. The minimum absolute atomic E-state index is 0.107. The van der Waals surface area contributed by atoms with Gasteiger partial charge in [0.1, 0.15) is 0 Å². The molecular formula is C11H8O2Se. The van der Waals surface area contributed by atoms with Crippen molar-refractivity contribution in [3.63, 3.8) is 0 Å². The molecule has 0 radical (unpaired) electrons. The van der Waals surface area contributed by atoms with Gasteiger partial charge in [0.05, 0.1) is 0 Å². The predicted molar refractivity (Wildman–Crippen MR) is 58.0 cm³/mol. The fourth-order valence-corrected chi connectivity index (χ4v) is 2.89. The molecule has 0 fully saturated rings. The first-order valence-corrected chi connectivity index (χ1v) is 6.75. The van der Waals surface area contributed by atoms with Crippen molar-refractivity contribution >= 4 is 19.4 Å². The van der Waals surface area contributed by atoms with Crippen molar-refractivity contribution in [2.45, 2.75) is 5.82 Å². The Labute approximate surface area is 87.4 Å². The van der Waals surface area contributed by atoms with E-state index in [1.807, 2.05) is 36.2 Å². The Morgan fingerprint density at radius 2 is 1.64 bits per heavy atom. The zero-order chi connectivity index (χ0) is 10.1. The molecular weight excluding hydrogens is 243 g/mol. The first-order valence-electron chi connectivity index (χ1n) is 4.18. The van der Waals surface area contributed by atoms with Crippen LogP contribution in [0.4, 0.5) is 0 Å². The van der Waals surface area contributed by atoms with Gasteiger partial charge in [0, 0.05) is 0 Å². The van der Waals surface area contributed by atoms with Crippen LogP contribution in [0.25, 0.3) is 11.1 Å². The summed E-state index contributed by atoms with van der Waals surface area (Å²) in [6, 6.07) is 9.37. The van der Waals surface area contributed by atoms with Gasteiger partial charge in [0.25, 0.3) is 0 Å². The molecule has 0 N–H and O–H groups in total. The molecule has 0 unspecified atom stereocenters. The Kier molecular flexibility index (Phi) is 2.36. The van der Waals surface area contributed by atoms with Crippen LogP contribution in [-0.4, -0.2) is 15.0 Å². The van der Waals surface area contributed by atoms with Crippen LogP contribution in [0.15, 0.2) is 39.9 Å². The van der Waals surface area contributed by atoms with E-state index in [4.69, 9.17) is 0 Å². The molecule has 0 aliphatic heterocycles. The standard InChI is InChI=1S/C11H8O2Se/c1-14-11-8(9(12)10(11)13)7-5-3-2-4-6-7/h2-6H,1H3. The number of hydrogen-bond donors (Lipinski definition) is 0. The van der Waals surface area contributed by atoms with E-state index in [1.54, 1.807) is 0 Å². The molecule has 0 amide bonds. The van der Waals surface area contributed by atoms with Crippen LogP contribution in [0.1, 0.15) is 0 Å². The van der Waals surface area contributed by atoms with Crippen LogP contribution < -0.4 is 15.3 Å². The van der Waals surface area contributed by atoms with Crippen molar-refractivity contribution in [2.24, 2.45) is 0 Å². The molecule has 0 saturated heterocycles. The molecule has 14 heavy (non-hydrogen) atoms. The van der Waals surface area contributed by atoms with Gasteiger partial charge in [-0.2, -0.15) is 0 Å². The van der Waals surface area contributed by atoms with E-state index in [-0.39, 0.29) is 25.8 Å². The van der Waals surface area contributed by atoms with Gasteiger partial charge in [0.2, 0.25) is 0 Å². The molecule has 70 valence electrons. The van der Waals surface area contributed by atoms with Crippen molar-refractivity contribution in [3.8, 4) is 11.1 Å². The van der Waals surface area contributed by atoms with Gasteiger partial charge >= 0.3 is 87.1 Å². The van der Waals surface area contributed by atoms with Crippen molar-refractivity contribution in [2.75, 3.05) is 0 Å². The molecule has 2 aromatic rings.